The van der Waals surface area contributed by atoms with Crippen LogP contribution < -0.4 is 14.8 Å². The molecule has 0 spiro atoms. The highest BCUT2D eigenvalue weighted by atomic mass is 32.2. The standard InChI is InChI=1S/C30H26N4O5S/c1-18-15-22(34(36)37)9-14-27(18)32-29(35)19(2)40-30-26(17-31)25(20-5-10-23(38-3)11-6-20)16-28(33-30)21-7-12-24(39-4)13-8-21/h5-16,19H,1-4H3,(H,32,35)/t19-/m0/s1. The molecule has 40 heavy (non-hydrogen) atoms. The molecule has 0 aliphatic heterocycles. The number of rotatable bonds is 9. The Morgan fingerprint density at radius 2 is 1.60 bits per heavy atom. The summed E-state index contributed by atoms with van der Waals surface area (Å²) in [6.07, 6.45) is 0. The van der Waals surface area contributed by atoms with Crippen LogP contribution in [0.25, 0.3) is 22.4 Å². The molecule has 0 aliphatic rings. The van der Waals surface area contributed by atoms with E-state index in [0.29, 0.717) is 44.6 Å². The summed E-state index contributed by atoms with van der Waals surface area (Å²) < 4.78 is 10.6. The Morgan fingerprint density at radius 1 is 1.00 bits per heavy atom. The molecule has 0 unspecified atom stereocenters. The van der Waals surface area contributed by atoms with E-state index in [2.05, 4.69) is 11.4 Å². The first-order valence-corrected chi connectivity index (χ1v) is 13.1. The van der Waals surface area contributed by atoms with E-state index in [1.807, 2.05) is 54.6 Å². The third-order valence-corrected chi connectivity index (χ3v) is 7.31. The number of ether oxygens (including phenoxy) is 2. The molecule has 0 aliphatic carbocycles. The van der Waals surface area contributed by atoms with E-state index >= 15 is 0 Å². The van der Waals surface area contributed by atoms with Gasteiger partial charge < -0.3 is 14.8 Å². The van der Waals surface area contributed by atoms with E-state index in [4.69, 9.17) is 14.5 Å². The van der Waals surface area contributed by atoms with Crippen molar-refractivity contribution in [1.29, 1.82) is 5.26 Å². The second-order valence-corrected chi connectivity index (χ2v) is 10.1. The number of pyridine rings is 1. The topological polar surface area (TPSA) is 127 Å². The highest BCUT2D eigenvalue weighted by Crippen LogP contribution is 2.37. The van der Waals surface area contributed by atoms with Crippen molar-refractivity contribution in [1.82, 2.24) is 4.98 Å². The van der Waals surface area contributed by atoms with Crippen LogP contribution in [0.2, 0.25) is 0 Å². The largest absolute Gasteiger partial charge is 0.497 e. The van der Waals surface area contributed by atoms with Gasteiger partial charge in [0, 0.05) is 28.9 Å². The number of anilines is 1. The van der Waals surface area contributed by atoms with Crippen molar-refractivity contribution in [2.45, 2.75) is 24.1 Å². The summed E-state index contributed by atoms with van der Waals surface area (Å²) in [4.78, 5) is 28.5. The molecule has 10 heteroatoms. The van der Waals surface area contributed by atoms with Gasteiger partial charge >= 0.3 is 0 Å². The maximum Gasteiger partial charge on any atom is 0.269 e. The van der Waals surface area contributed by atoms with Crippen molar-refractivity contribution < 1.29 is 19.2 Å². The van der Waals surface area contributed by atoms with Crippen LogP contribution >= 0.6 is 11.8 Å². The van der Waals surface area contributed by atoms with Gasteiger partial charge in [0.1, 0.15) is 22.6 Å². The van der Waals surface area contributed by atoms with Crippen molar-refractivity contribution in [3.8, 4) is 40.0 Å². The molecule has 1 atom stereocenters. The molecular weight excluding hydrogens is 528 g/mol. The number of aryl methyl sites for hydroxylation is 1. The van der Waals surface area contributed by atoms with Crippen LogP contribution in [0.3, 0.4) is 0 Å². The predicted molar refractivity (Wildman–Crippen MR) is 155 cm³/mol. The van der Waals surface area contributed by atoms with Crippen LogP contribution in [0.4, 0.5) is 11.4 Å². The molecule has 1 aromatic heterocycles. The number of non-ortho nitro benzene ring substituents is 1. The molecule has 0 fully saturated rings. The van der Waals surface area contributed by atoms with Gasteiger partial charge in [-0.1, -0.05) is 23.9 Å². The number of benzene rings is 3. The van der Waals surface area contributed by atoms with Crippen molar-refractivity contribution in [2.75, 3.05) is 19.5 Å². The fourth-order valence-electron chi connectivity index (χ4n) is 3.98. The molecule has 4 rings (SSSR count). The molecule has 1 heterocycles. The van der Waals surface area contributed by atoms with Gasteiger partial charge in [-0.25, -0.2) is 4.98 Å². The Hall–Kier alpha value is -4.88. The number of nitrogens with one attached hydrogen (secondary N) is 1. The van der Waals surface area contributed by atoms with Gasteiger partial charge in [-0.15, -0.1) is 0 Å². The molecule has 1 amide bonds. The quantitative estimate of drug-likeness (QED) is 0.139. The van der Waals surface area contributed by atoms with Gasteiger partial charge in [0.15, 0.2) is 0 Å². The number of nitro benzene ring substituents is 1. The highest BCUT2D eigenvalue weighted by Gasteiger charge is 2.22. The zero-order valence-electron chi connectivity index (χ0n) is 22.3. The van der Waals surface area contributed by atoms with Crippen LogP contribution in [-0.2, 0) is 4.79 Å². The monoisotopic (exact) mass is 554 g/mol. The number of nitro groups is 1. The molecule has 202 valence electrons. The summed E-state index contributed by atoms with van der Waals surface area (Å²) in [5, 5.41) is 23.8. The minimum absolute atomic E-state index is 0.0535. The zero-order valence-corrected chi connectivity index (χ0v) is 23.1. The average molecular weight is 555 g/mol. The Kier molecular flexibility index (Phi) is 8.67. The third-order valence-electron chi connectivity index (χ3n) is 6.22. The zero-order chi connectivity index (χ0) is 28.8. The van der Waals surface area contributed by atoms with Crippen LogP contribution in [-0.4, -0.2) is 35.3 Å². The lowest BCUT2D eigenvalue weighted by atomic mass is 9.99. The van der Waals surface area contributed by atoms with Crippen LogP contribution in [0, 0.1) is 28.4 Å². The first-order valence-electron chi connectivity index (χ1n) is 12.2. The summed E-state index contributed by atoms with van der Waals surface area (Å²) in [6.45, 7) is 3.41. The van der Waals surface area contributed by atoms with Gasteiger partial charge in [-0.05, 0) is 73.5 Å². The van der Waals surface area contributed by atoms with E-state index in [0.717, 1.165) is 11.1 Å². The maximum absolute atomic E-state index is 13.1. The van der Waals surface area contributed by atoms with Crippen molar-refractivity contribution in [2.24, 2.45) is 0 Å². The molecule has 0 radical (unpaired) electrons. The lowest BCUT2D eigenvalue weighted by Crippen LogP contribution is -2.23. The summed E-state index contributed by atoms with van der Waals surface area (Å²) >= 11 is 1.17. The Balaban J connectivity index is 1.71. The first-order chi connectivity index (χ1) is 19.2. The van der Waals surface area contributed by atoms with Gasteiger partial charge in [-0.3, -0.25) is 14.9 Å². The number of methoxy groups -OCH3 is 2. The fraction of sp³-hybridized carbons (Fsp3) is 0.167. The van der Waals surface area contributed by atoms with Crippen molar-refractivity contribution in [3.63, 3.8) is 0 Å². The minimum atomic E-state index is -0.635. The van der Waals surface area contributed by atoms with E-state index in [-0.39, 0.29) is 11.6 Å². The number of thioether (sulfide) groups is 1. The number of aromatic nitrogens is 1. The number of nitrogens with zero attached hydrogens (tertiary/aromatic N) is 3. The average Bonchev–Trinajstić information content (AvgIpc) is 2.97. The summed E-state index contributed by atoms with van der Waals surface area (Å²) in [5.41, 5.74) is 4.26. The van der Waals surface area contributed by atoms with Gasteiger partial charge in [0.2, 0.25) is 5.91 Å². The van der Waals surface area contributed by atoms with Crippen molar-refractivity contribution >= 4 is 29.0 Å². The number of amides is 1. The Bertz CT molecular complexity index is 1600. The lowest BCUT2D eigenvalue weighted by Gasteiger charge is -2.16. The fourth-order valence-corrected chi connectivity index (χ4v) is 4.91. The smallest absolute Gasteiger partial charge is 0.269 e. The Labute approximate surface area is 235 Å². The Morgan fingerprint density at radius 3 is 2.12 bits per heavy atom. The van der Waals surface area contributed by atoms with E-state index in [1.165, 1.54) is 30.0 Å². The minimum Gasteiger partial charge on any atom is -0.497 e. The number of carbonyl (C=O) groups excluding carboxylic acids is 1. The normalized spacial score (nSPS) is 11.3. The van der Waals surface area contributed by atoms with Crippen LogP contribution in [0.5, 0.6) is 11.5 Å². The van der Waals surface area contributed by atoms with Gasteiger partial charge in [0.05, 0.1) is 35.7 Å². The van der Waals surface area contributed by atoms with Crippen LogP contribution in [0.15, 0.2) is 77.8 Å². The third kappa shape index (κ3) is 6.22. The second-order valence-electron chi connectivity index (χ2n) is 8.81. The van der Waals surface area contributed by atoms with Gasteiger partial charge in [0.25, 0.3) is 5.69 Å². The summed E-state index contributed by atoms with van der Waals surface area (Å²) in [5.74, 6) is 1.07. The highest BCUT2D eigenvalue weighted by molar-refractivity contribution is 8.00. The first kappa shape index (κ1) is 28.1. The second kappa shape index (κ2) is 12.3. The maximum atomic E-state index is 13.1. The van der Waals surface area contributed by atoms with E-state index in [9.17, 15) is 20.2 Å². The van der Waals surface area contributed by atoms with Crippen LogP contribution in [0.1, 0.15) is 18.1 Å². The molecule has 0 saturated heterocycles. The predicted octanol–water partition coefficient (Wildman–Crippen LogP) is 6.64. The molecule has 4 aromatic rings. The molecule has 0 saturated carbocycles. The number of hydrogen-bond donors (Lipinski definition) is 1. The molecule has 9 nitrogen and oxygen atoms in total. The number of nitriles is 1. The number of carbonyl (C=O) groups is 1. The van der Waals surface area contributed by atoms with E-state index < -0.39 is 10.2 Å². The van der Waals surface area contributed by atoms with E-state index in [1.54, 1.807) is 28.1 Å². The SMILES string of the molecule is COc1ccc(-c2cc(-c3ccc(OC)cc3)c(C#N)c(S[C@@H](C)C(=O)Nc3ccc([N+](=O)[O-])cc3C)n2)cc1. The number of hydrogen-bond acceptors (Lipinski definition) is 8. The summed E-state index contributed by atoms with van der Waals surface area (Å²) in [7, 11) is 3.18. The van der Waals surface area contributed by atoms with Crippen molar-refractivity contribution in [3.05, 3.63) is 94.0 Å². The molecule has 0 bridgehead atoms. The molecule has 1 N–H and O–H groups in total. The van der Waals surface area contributed by atoms with Gasteiger partial charge in [-0.2, -0.15) is 5.26 Å². The lowest BCUT2D eigenvalue weighted by molar-refractivity contribution is -0.384. The molecule has 3 aromatic carbocycles. The molecular formula is C30H26N4O5S. The summed E-state index contributed by atoms with van der Waals surface area (Å²) in [6, 6.07) is 23.2.